The van der Waals surface area contributed by atoms with Crippen molar-refractivity contribution < 1.29 is 17.9 Å². The van der Waals surface area contributed by atoms with Crippen LogP contribution in [0.3, 0.4) is 0 Å². The van der Waals surface area contributed by atoms with Crippen molar-refractivity contribution in [2.75, 3.05) is 35.9 Å². The van der Waals surface area contributed by atoms with Gasteiger partial charge in [-0.3, -0.25) is 14.5 Å². The van der Waals surface area contributed by atoms with Gasteiger partial charge in [-0.2, -0.15) is 0 Å². The summed E-state index contributed by atoms with van der Waals surface area (Å²) >= 11 is 0. The van der Waals surface area contributed by atoms with E-state index in [4.69, 9.17) is 4.74 Å². The molecule has 0 aliphatic carbocycles. The normalized spacial score (nSPS) is 14.1. The van der Waals surface area contributed by atoms with Crippen molar-refractivity contribution in [3.05, 3.63) is 84.3 Å². The van der Waals surface area contributed by atoms with Crippen LogP contribution in [0.4, 0.5) is 11.4 Å². The molecular weight excluding hydrogens is 466 g/mol. The number of aromatic nitrogens is 2. The lowest BCUT2D eigenvalue weighted by atomic mass is 10.2. The number of H-pyrrole nitrogens is 1. The third-order valence-electron chi connectivity index (χ3n) is 5.85. The van der Waals surface area contributed by atoms with E-state index in [0.717, 1.165) is 22.2 Å². The predicted molar refractivity (Wildman–Crippen MR) is 134 cm³/mol. The van der Waals surface area contributed by atoms with Gasteiger partial charge in [0.15, 0.2) is 0 Å². The Labute approximate surface area is 203 Å². The summed E-state index contributed by atoms with van der Waals surface area (Å²) in [6, 6.07) is 17.4. The summed E-state index contributed by atoms with van der Waals surface area (Å²) in [6.07, 6.45) is 3.35. The second kappa shape index (κ2) is 9.77. The Morgan fingerprint density at radius 3 is 2.60 bits per heavy atom. The van der Waals surface area contributed by atoms with Crippen molar-refractivity contribution >= 4 is 38.2 Å². The number of benzene rings is 2. The number of carbonyl (C=O) groups excluding carboxylic acids is 1. The van der Waals surface area contributed by atoms with Crippen molar-refractivity contribution in [1.29, 1.82) is 0 Å². The summed E-state index contributed by atoms with van der Waals surface area (Å²) in [4.78, 5) is 21.9. The van der Waals surface area contributed by atoms with E-state index in [1.165, 1.54) is 12.1 Å². The molecule has 5 rings (SSSR count). The molecule has 0 unspecified atom stereocenters. The van der Waals surface area contributed by atoms with Gasteiger partial charge in [-0.15, -0.1) is 0 Å². The first kappa shape index (κ1) is 22.9. The lowest BCUT2D eigenvalue weighted by Gasteiger charge is -2.30. The molecule has 0 saturated carbocycles. The number of para-hydroxylation sites is 2. The number of rotatable bonds is 7. The number of anilines is 2. The molecule has 3 heterocycles. The van der Waals surface area contributed by atoms with Crippen LogP contribution in [-0.4, -0.2) is 50.6 Å². The molecule has 1 fully saturated rings. The summed E-state index contributed by atoms with van der Waals surface area (Å²) in [5.41, 5.74) is 3.41. The van der Waals surface area contributed by atoms with Crippen LogP contribution in [0.15, 0.2) is 78.0 Å². The molecule has 1 aliphatic heterocycles. The van der Waals surface area contributed by atoms with Gasteiger partial charge in [0, 0.05) is 42.9 Å². The second-order valence-corrected chi connectivity index (χ2v) is 9.88. The number of hydrogen-bond donors (Lipinski definition) is 3. The van der Waals surface area contributed by atoms with Gasteiger partial charge in [-0.25, -0.2) is 8.42 Å². The number of hydrogen-bond acceptors (Lipinski definition) is 6. The average molecular weight is 492 g/mol. The highest BCUT2D eigenvalue weighted by atomic mass is 32.2. The number of aromatic amines is 1. The molecule has 0 atom stereocenters. The van der Waals surface area contributed by atoms with Gasteiger partial charge in [0.2, 0.25) is 0 Å². The molecule has 1 saturated heterocycles. The molecule has 10 heteroatoms. The van der Waals surface area contributed by atoms with Crippen molar-refractivity contribution in [3.63, 3.8) is 0 Å². The van der Waals surface area contributed by atoms with Gasteiger partial charge >= 0.3 is 0 Å². The quantitative estimate of drug-likeness (QED) is 0.366. The minimum Gasteiger partial charge on any atom is -0.378 e. The minimum absolute atomic E-state index is 0.146. The molecule has 0 bridgehead atoms. The maximum absolute atomic E-state index is 13.1. The van der Waals surface area contributed by atoms with Crippen LogP contribution in [0.1, 0.15) is 16.1 Å². The zero-order valence-corrected chi connectivity index (χ0v) is 19.7. The molecule has 3 N–H and O–H groups in total. The fourth-order valence-electron chi connectivity index (χ4n) is 4.00. The van der Waals surface area contributed by atoms with Gasteiger partial charge < -0.3 is 19.9 Å². The maximum atomic E-state index is 13.1. The number of ether oxygens (including phenoxy) is 1. The number of pyridine rings is 1. The molecule has 0 spiro atoms. The number of nitrogens with one attached hydrogen (secondary N) is 3. The van der Waals surface area contributed by atoms with E-state index in [9.17, 15) is 13.2 Å². The maximum Gasteiger partial charge on any atom is 0.267 e. The number of amides is 1. The molecule has 35 heavy (non-hydrogen) atoms. The van der Waals surface area contributed by atoms with E-state index < -0.39 is 10.0 Å². The first-order valence-corrected chi connectivity index (χ1v) is 12.7. The lowest BCUT2D eigenvalue weighted by Crippen LogP contribution is -2.36. The van der Waals surface area contributed by atoms with Gasteiger partial charge in [-0.05, 0) is 42.0 Å². The Morgan fingerprint density at radius 1 is 1.06 bits per heavy atom. The fourth-order valence-corrected chi connectivity index (χ4v) is 5.08. The highest BCUT2D eigenvalue weighted by Crippen LogP contribution is 2.28. The van der Waals surface area contributed by atoms with Crippen LogP contribution in [0.25, 0.3) is 10.9 Å². The van der Waals surface area contributed by atoms with Crippen molar-refractivity contribution in [1.82, 2.24) is 15.3 Å². The largest absolute Gasteiger partial charge is 0.378 e. The minimum atomic E-state index is -3.79. The fraction of sp³-hybridized carbons (Fsp3) is 0.200. The summed E-state index contributed by atoms with van der Waals surface area (Å²) < 4.78 is 34.2. The Balaban J connectivity index is 1.25. The zero-order valence-electron chi connectivity index (χ0n) is 18.9. The third-order valence-corrected chi connectivity index (χ3v) is 7.23. The average Bonchev–Trinajstić information content (AvgIpc) is 3.33. The molecule has 1 amide bonds. The van der Waals surface area contributed by atoms with E-state index in [0.29, 0.717) is 37.7 Å². The van der Waals surface area contributed by atoms with E-state index in [2.05, 4.69) is 24.9 Å². The molecular formula is C25H25N5O4S. The molecule has 2 aromatic carbocycles. The Bertz CT molecular complexity index is 1410. The second-order valence-electron chi connectivity index (χ2n) is 8.19. The SMILES string of the molecule is O=C(NCc1ccc(S(=O)(=O)Nc2ccccc2N2CCOCC2)cc1)c1cc2cnccc2[nH]1. The van der Waals surface area contributed by atoms with E-state index >= 15 is 0 Å². The van der Waals surface area contributed by atoms with E-state index in [1.54, 1.807) is 48.8 Å². The topological polar surface area (TPSA) is 116 Å². The first-order valence-electron chi connectivity index (χ1n) is 11.2. The highest BCUT2D eigenvalue weighted by molar-refractivity contribution is 7.92. The highest BCUT2D eigenvalue weighted by Gasteiger charge is 2.20. The smallest absolute Gasteiger partial charge is 0.267 e. The molecule has 2 aromatic heterocycles. The van der Waals surface area contributed by atoms with Crippen molar-refractivity contribution in [2.24, 2.45) is 0 Å². The van der Waals surface area contributed by atoms with E-state index in [1.807, 2.05) is 12.1 Å². The summed E-state index contributed by atoms with van der Waals surface area (Å²) in [5, 5.41) is 3.70. The third kappa shape index (κ3) is 5.13. The Hall–Kier alpha value is -3.89. The molecule has 180 valence electrons. The standard InChI is InChI=1S/C25H25N5O4S/c31-25(23-15-19-17-26-10-9-21(19)28-23)27-16-18-5-7-20(8-6-18)35(32,33)29-22-3-1-2-4-24(22)30-11-13-34-14-12-30/h1-10,15,17,28-29H,11-14,16H2,(H,27,31). The number of fused-ring (bicyclic) bond motifs is 1. The van der Waals surface area contributed by atoms with Crippen LogP contribution in [0.5, 0.6) is 0 Å². The van der Waals surface area contributed by atoms with Gasteiger partial charge in [0.05, 0.1) is 29.5 Å². The van der Waals surface area contributed by atoms with Crippen LogP contribution in [-0.2, 0) is 21.3 Å². The molecule has 1 aliphatic rings. The number of morpholine rings is 1. The number of sulfonamides is 1. The van der Waals surface area contributed by atoms with Crippen molar-refractivity contribution in [2.45, 2.75) is 11.4 Å². The van der Waals surface area contributed by atoms with E-state index in [-0.39, 0.29) is 17.3 Å². The first-order chi connectivity index (χ1) is 17.0. The van der Waals surface area contributed by atoms with Crippen LogP contribution in [0.2, 0.25) is 0 Å². The van der Waals surface area contributed by atoms with Gasteiger partial charge in [-0.1, -0.05) is 24.3 Å². The lowest BCUT2D eigenvalue weighted by molar-refractivity contribution is 0.0946. The Morgan fingerprint density at radius 2 is 1.83 bits per heavy atom. The van der Waals surface area contributed by atoms with Crippen molar-refractivity contribution in [3.8, 4) is 0 Å². The van der Waals surface area contributed by atoms with Crippen LogP contribution in [0, 0.1) is 0 Å². The zero-order chi connectivity index (χ0) is 24.3. The number of nitrogens with zero attached hydrogens (tertiary/aromatic N) is 2. The number of carbonyl (C=O) groups is 1. The Kier molecular flexibility index (Phi) is 6.39. The molecule has 9 nitrogen and oxygen atoms in total. The molecule has 4 aromatic rings. The van der Waals surface area contributed by atoms with Crippen LogP contribution < -0.4 is 14.9 Å². The molecule has 0 radical (unpaired) electrons. The summed E-state index contributed by atoms with van der Waals surface area (Å²) in [7, 11) is -3.79. The predicted octanol–water partition coefficient (Wildman–Crippen LogP) is 3.13. The van der Waals surface area contributed by atoms with Crippen LogP contribution >= 0.6 is 0 Å². The summed E-state index contributed by atoms with van der Waals surface area (Å²) in [6.45, 7) is 2.89. The summed E-state index contributed by atoms with van der Waals surface area (Å²) in [5.74, 6) is -0.251. The van der Waals surface area contributed by atoms with Gasteiger partial charge in [0.25, 0.3) is 15.9 Å². The van der Waals surface area contributed by atoms with Gasteiger partial charge in [0.1, 0.15) is 5.69 Å². The monoisotopic (exact) mass is 491 g/mol.